The fourth-order valence-electron chi connectivity index (χ4n) is 3.14. The van der Waals surface area contributed by atoms with Gasteiger partial charge in [0.15, 0.2) is 0 Å². The molecule has 0 aliphatic heterocycles. The first kappa shape index (κ1) is 29.2. The molecule has 0 fully saturated rings. The fraction of sp³-hybridized carbons (Fsp3) is 0.895. The molecule has 0 saturated carbocycles. The highest BCUT2D eigenvalue weighted by molar-refractivity contribution is 5.78. The third kappa shape index (κ3) is 11.8. The van der Waals surface area contributed by atoms with Crippen LogP contribution in [0.4, 0.5) is 0 Å². The first-order valence-corrected chi connectivity index (χ1v) is 7.73. The zero-order chi connectivity index (χ0) is 16.6. The first-order chi connectivity index (χ1) is 8.93. The molecule has 0 unspecified atom stereocenters. The standard InChI is InChI=1S/C9H18O.C8H17NO.2CH4/c1-6(2)9(7(3)4)8(5)10;1-5(2)7(6(3)4)8(9)10;;/h6-7,9H,1-5H3;5-7H,1-4H3,(H2,9,10);2*1H4. The van der Waals surface area contributed by atoms with E-state index in [2.05, 4.69) is 27.7 Å². The lowest BCUT2D eigenvalue weighted by atomic mass is 9.83. The molecule has 0 aliphatic carbocycles. The molecule has 1 amide bonds. The number of carbonyl (C=O) groups excluding carboxylic acids is 2. The number of amides is 1. The molecule has 0 aliphatic rings. The SMILES string of the molecule is C.C.CC(=O)C(C(C)C)C(C)C.CC(C)C(C(N)=O)C(C)C. The van der Waals surface area contributed by atoms with E-state index in [0.29, 0.717) is 29.5 Å². The van der Waals surface area contributed by atoms with Crippen LogP contribution in [-0.2, 0) is 9.59 Å². The Morgan fingerprint density at radius 1 is 0.636 bits per heavy atom. The van der Waals surface area contributed by atoms with Crippen LogP contribution in [0.1, 0.15) is 77.2 Å². The monoisotopic (exact) mass is 317 g/mol. The molecular weight excluding hydrogens is 274 g/mol. The molecule has 0 atom stereocenters. The third-order valence-corrected chi connectivity index (χ3v) is 3.67. The van der Waals surface area contributed by atoms with Crippen LogP contribution in [0.2, 0.25) is 0 Å². The molecular formula is C19H43NO2. The molecule has 22 heavy (non-hydrogen) atoms. The van der Waals surface area contributed by atoms with Gasteiger partial charge in [-0.2, -0.15) is 0 Å². The van der Waals surface area contributed by atoms with E-state index < -0.39 is 0 Å². The molecule has 0 heterocycles. The number of Topliss-reactive ketones (excluding diaryl/α,β-unsaturated/α-hetero) is 1. The summed E-state index contributed by atoms with van der Waals surface area (Å²) in [5, 5.41) is 0. The lowest BCUT2D eigenvalue weighted by molar-refractivity contribution is -0.125. The number of primary amides is 1. The Morgan fingerprint density at radius 3 is 0.864 bits per heavy atom. The van der Waals surface area contributed by atoms with Gasteiger partial charge < -0.3 is 5.73 Å². The summed E-state index contributed by atoms with van der Waals surface area (Å²) >= 11 is 0. The largest absolute Gasteiger partial charge is 0.369 e. The van der Waals surface area contributed by atoms with Gasteiger partial charge in [-0.3, -0.25) is 9.59 Å². The second-order valence-electron chi connectivity index (χ2n) is 7.04. The Labute approximate surface area is 140 Å². The molecule has 0 aromatic rings. The maximum atomic E-state index is 11.0. The van der Waals surface area contributed by atoms with Crippen LogP contribution in [0.3, 0.4) is 0 Å². The first-order valence-electron chi connectivity index (χ1n) is 7.73. The van der Waals surface area contributed by atoms with Gasteiger partial charge >= 0.3 is 0 Å². The number of hydrogen-bond acceptors (Lipinski definition) is 2. The van der Waals surface area contributed by atoms with Crippen molar-refractivity contribution < 1.29 is 9.59 Å². The summed E-state index contributed by atoms with van der Waals surface area (Å²) < 4.78 is 0. The van der Waals surface area contributed by atoms with E-state index in [0.717, 1.165) is 0 Å². The van der Waals surface area contributed by atoms with Crippen molar-refractivity contribution in [2.75, 3.05) is 0 Å². The number of rotatable bonds is 6. The second-order valence-corrected chi connectivity index (χ2v) is 7.04. The van der Waals surface area contributed by atoms with Crippen LogP contribution in [-0.4, -0.2) is 11.7 Å². The summed E-state index contributed by atoms with van der Waals surface area (Å²) in [6.45, 7) is 18.2. The molecule has 0 bridgehead atoms. The molecule has 0 aromatic heterocycles. The summed E-state index contributed by atoms with van der Waals surface area (Å²) in [6, 6.07) is 0. The van der Waals surface area contributed by atoms with Gasteiger partial charge in [0.05, 0.1) is 0 Å². The topological polar surface area (TPSA) is 60.2 Å². The van der Waals surface area contributed by atoms with Gasteiger partial charge in [0.25, 0.3) is 0 Å². The predicted molar refractivity (Wildman–Crippen MR) is 99.7 cm³/mol. The molecule has 0 radical (unpaired) electrons. The zero-order valence-electron chi connectivity index (χ0n) is 14.9. The van der Waals surface area contributed by atoms with Crippen molar-refractivity contribution in [3.63, 3.8) is 0 Å². The van der Waals surface area contributed by atoms with Crippen LogP contribution in [0.25, 0.3) is 0 Å². The van der Waals surface area contributed by atoms with Crippen molar-refractivity contribution in [3.8, 4) is 0 Å². The minimum absolute atomic E-state index is 0. The Kier molecular flexibility index (Phi) is 18.3. The number of ketones is 1. The van der Waals surface area contributed by atoms with E-state index in [1.807, 2.05) is 27.7 Å². The highest BCUT2D eigenvalue weighted by Gasteiger charge is 2.22. The molecule has 0 rings (SSSR count). The second kappa shape index (κ2) is 13.8. The van der Waals surface area contributed by atoms with Crippen molar-refractivity contribution in [2.45, 2.75) is 77.2 Å². The summed E-state index contributed by atoms with van der Waals surface area (Å²) in [7, 11) is 0. The van der Waals surface area contributed by atoms with E-state index in [1.54, 1.807) is 6.92 Å². The fourth-order valence-corrected chi connectivity index (χ4v) is 3.14. The summed E-state index contributed by atoms with van der Waals surface area (Å²) in [5.74, 6) is 2.11. The number of nitrogens with two attached hydrogens (primary N) is 1. The van der Waals surface area contributed by atoms with Gasteiger partial charge in [-0.1, -0.05) is 70.2 Å². The highest BCUT2D eigenvalue weighted by Crippen LogP contribution is 2.21. The van der Waals surface area contributed by atoms with Crippen LogP contribution < -0.4 is 5.73 Å². The van der Waals surface area contributed by atoms with Crippen LogP contribution in [0, 0.1) is 35.5 Å². The highest BCUT2D eigenvalue weighted by atomic mass is 16.1. The lowest BCUT2D eigenvalue weighted by Gasteiger charge is -2.21. The van der Waals surface area contributed by atoms with Crippen molar-refractivity contribution in [2.24, 2.45) is 41.2 Å². The Bertz CT molecular complexity index is 248. The minimum atomic E-state index is -0.176. The van der Waals surface area contributed by atoms with E-state index in [4.69, 9.17) is 5.73 Å². The van der Waals surface area contributed by atoms with Crippen molar-refractivity contribution >= 4 is 11.7 Å². The smallest absolute Gasteiger partial charge is 0.221 e. The molecule has 0 spiro atoms. The van der Waals surface area contributed by atoms with Gasteiger partial charge in [-0.15, -0.1) is 0 Å². The molecule has 3 heteroatoms. The van der Waals surface area contributed by atoms with E-state index in [-0.39, 0.29) is 32.6 Å². The maximum Gasteiger partial charge on any atom is 0.221 e. The van der Waals surface area contributed by atoms with Crippen LogP contribution >= 0.6 is 0 Å². The number of carbonyl (C=O) groups is 2. The van der Waals surface area contributed by atoms with Crippen molar-refractivity contribution in [3.05, 3.63) is 0 Å². The van der Waals surface area contributed by atoms with E-state index in [9.17, 15) is 9.59 Å². The summed E-state index contributed by atoms with van der Waals surface area (Å²) in [6.07, 6.45) is 0. The Morgan fingerprint density at radius 2 is 0.864 bits per heavy atom. The lowest BCUT2D eigenvalue weighted by Crippen LogP contribution is -2.31. The quantitative estimate of drug-likeness (QED) is 0.734. The average Bonchev–Trinajstić information content (AvgIpc) is 2.12. The van der Waals surface area contributed by atoms with Crippen LogP contribution in [0.15, 0.2) is 0 Å². The molecule has 3 nitrogen and oxygen atoms in total. The average molecular weight is 318 g/mol. The third-order valence-electron chi connectivity index (χ3n) is 3.67. The predicted octanol–water partition coefficient (Wildman–Crippen LogP) is 5.18. The molecule has 136 valence electrons. The zero-order valence-corrected chi connectivity index (χ0v) is 14.9. The van der Waals surface area contributed by atoms with Gasteiger partial charge in [-0.05, 0) is 30.6 Å². The van der Waals surface area contributed by atoms with Gasteiger partial charge in [0.2, 0.25) is 5.91 Å². The van der Waals surface area contributed by atoms with E-state index in [1.165, 1.54) is 0 Å². The van der Waals surface area contributed by atoms with Gasteiger partial charge in [0, 0.05) is 11.8 Å². The maximum absolute atomic E-state index is 11.0. The molecule has 2 N–H and O–H groups in total. The molecule has 0 aromatic carbocycles. The summed E-state index contributed by atoms with van der Waals surface area (Å²) in [4.78, 5) is 21.8. The Balaban J connectivity index is -0.000000135. The van der Waals surface area contributed by atoms with Crippen LogP contribution in [0.5, 0.6) is 0 Å². The number of hydrogen-bond donors (Lipinski definition) is 1. The minimum Gasteiger partial charge on any atom is -0.369 e. The molecule has 0 saturated heterocycles. The van der Waals surface area contributed by atoms with E-state index >= 15 is 0 Å². The van der Waals surface area contributed by atoms with Crippen molar-refractivity contribution in [1.82, 2.24) is 0 Å². The van der Waals surface area contributed by atoms with Gasteiger partial charge in [-0.25, -0.2) is 0 Å². The normalized spacial score (nSPS) is 10.5. The Hall–Kier alpha value is -0.860. The summed E-state index contributed by atoms with van der Waals surface area (Å²) in [5.41, 5.74) is 5.20. The van der Waals surface area contributed by atoms with Crippen molar-refractivity contribution in [1.29, 1.82) is 0 Å². The van der Waals surface area contributed by atoms with Gasteiger partial charge in [0.1, 0.15) is 5.78 Å².